The zero-order valence-corrected chi connectivity index (χ0v) is 28.0. The number of fused-ring (bicyclic) bond motifs is 1. The zero-order chi connectivity index (χ0) is 34.3. The number of piperazine rings is 1. The number of rotatable bonds is 11. The first kappa shape index (κ1) is 33.4. The fraction of sp³-hybridized carbons (Fsp3) is 0.333. The average molecular weight is 676 g/mol. The zero-order valence-electron chi connectivity index (χ0n) is 28.0. The Balaban J connectivity index is 0.929. The van der Waals surface area contributed by atoms with Crippen molar-refractivity contribution in [3.05, 3.63) is 114 Å². The van der Waals surface area contributed by atoms with Crippen LogP contribution in [0.15, 0.2) is 91.3 Å². The Morgan fingerprint density at radius 3 is 2.38 bits per heavy atom. The third-order valence-electron chi connectivity index (χ3n) is 9.55. The van der Waals surface area contributed by atoms with E-state index in [0.29, 0.717) is 37.1 Å². The second-order valence-electron chi connectivity index (χ2n) is 13.1. The van der Waals surface area contributed by atoms with Crippen LogP contribution in [0, 0.1) is 5.82 Å². The molecule has 1 aliphatic heterocycles. The van der Waals surface area contributed by atoms with Gasteiger partial charge in [-0.05, 0) is 98.2 Å². The Bertz CT molecular complexity index is 1900. The number of pyridine rings is 2. The van der Waals surface area contributed by atoms with Gasteiger partial charge in [-0.25, -0.2) is 13.9 Å². The minimum Gasteiger partial charge on any atom is -0.438 e. The number of carbonyl (C=O) groups excluding carboxylic acids is 2. The van der Waals surface area contributed by atoms with E-state index in [1.54, 1.807) is 22.8 Å². The molecule has 1 saturated heterocycles. The van der Waals surface area contributed by atoms with Crippen LogP contribution in [0.3, 0.4) is 0 Å². The van der Waals surface area contributed by atoms with Crippen molar-refractivity contribution in [1.29, 1.82) is 0 Å². The van der Waals surface area contributed by atoms with Gasteiger partial charge < -0.3 is 25.6 Å². The maximum absolute atomic E-state index is 14.3. The highest BCUT2D eigenvalue weighted by atomic mass is 19.1. The number of nitrogens with zero attached hydrogens (tertiary/aromatic N) is 4. The van der Waals surface area contributed by atoms with Crippen molar-refractivity contribution in [2.45, 2.75) is 50.6 Å². The molecule has 1 aliphatic carbocycles. The van der Waals surface area contributed by atoms with Crippen molar-refractivity contribution >= 4 is 17.3 Å². The number of benzene rings is 2. The quantitative estimate of drug-likeness (QED) is 0.166. The summed E-state index contributed by atoms with van der Waals surface area (Å²) >= 11 is 0. The summed E-state index contributed by atoms with van der Waals surface area (Å²) < 4.78 is 22.1. The monoisotopic (exact) mass is 675 g/mol. The summed E-state index contributed by atoms with van der Waals surface area (Å²) in [4.78, 5) is 32.9. The van der Waals surface area contributed by atoms with E-state index in [9.17, 15) is 14.0 Å². The molecule has 50 heavy (non-hydrogen) atoms. The lowest BCUT2D eigenvalue weighted by Gasteiger charge is -2.29. The van der Waals surface area contributed by atoms with E-state index < -0.39 is 11.7 Å². The standard InChI is InChI=1S/C39H42FN7O3/c40-30-24-35(37(48)43-31-13-15-32(16-14-31)44-38(49)36-25-33-7-1-2-20-47(33)45-36)39(42-26-30)50-34-8-3-6-29(23-34)28-11-9-27(10-12-28)5-4-19-46-21-17-41-18-22-46/h1-3,6-12,20,23-26,31-32,41H,4-5,13-19,21-22H2,(H,43,48)(H,44,49). The molecule has 7 rings (SSSR count). The van der Waals surface area contributed by atoms with Crippen LogP contribution in [-0.2, 0) is 6.42 Å². The molecule has 3 aromatic heterocycles. The number of halogens is 1. The van der Waals surface area contributed by atoms with Crippen LogP contribution in [-0.4, -0.2) is 76.1 Å². The lowest BCUT2D eigenvalue weighted by Crippen LogP contribution is -2.44. The van der Waals surface area contributed by atoms with Crippen molar-refractivity contribution in [1.82, 2.24) is 35.4 Å². The smallest absolute Gasteiger partial charge is 0.272 e. The Morgan fingerprint density at radius 1 is 0.860 bits per heavy atom. The second-order valence-corrected chi connectivity index (χ2v) is 13.1. The van der Waals surface area contributed by atoms with Crippen LogP contribution in [0.2, 0.25) is 0 Å². The van der Waals surface area contributed by atoms with Gasteiger partial charge in [0.2, 0.25) is 5.88 Å². The van der Waals surface area contributed by atoms with Gasteiger partial charge in [0.15, 0.2) is 5.69 Å². The number of ether oxygens (including phenoxy) is 1. The van der Waals surface area contributed by atoms with Gasteiger partial charge in [-0.3, -0.25) is 9.59 Å². The first-order valence-electron chi connectivity index (χ1n) is 17.5. The van der Waals surface area contributed by atoms with Gasteiger partial charge in [0.25, 0.3) is 11.8 Å². The number of carbonyl (C=O) groups is 2. The molecular weight excluding hydrogens is 633 g/mol. The van der Waals surface area contributed by atoms with Crippen LogP contribution >= 0.6 is 0 Å². The highest BCUT2D eigenvalue weighted by Crippen LogP contribution is 2.29. The maximum atomic E-state index is 14.3. The summed E-state index contributed by atoms with van der Waals surface area (Å²) in [6.07, 6.45) is 7.74. The molecule has 0 atom stereocenters. The molecule has 0 bridgehead atoms. The van der Waals surface area contributed by atoms with E-state index in [4.69, 9.17) is 4.74 Å². The molecule has 2 aromatic carbocycles. The van der Waals surface area contributed by atoms with Crippen molar-refractivity contribution in [3.8, 4) is 22.8 Å². The summed E-state index contributed by atoms with van der Waals surface area (Å²) in [5, 5.41) is 13.9. The van der Waals surface area contributed by atoms with Crippen LogP contribution in [0.4, 0.5) is 4.39 Å². The Labute approximate surface area is 291 Å². The molecule has 10 nitrogen and oxygen atoms in total. The topological polar surface area (TPSA) is 113 Å². The molecular formula is C39H42FN7O3. The predicted octanol–water partition coefficient (Wildman–Crippen LogP) is 5.64. The Hall–Kier alpha value is -5.13. The molecule has 4 heterocycles. The van der Waals surface area contributed by atoms with Crippen LogP contribution in [0.5, 0.6) is 11.6 Å². The molecule has 0 radical (unpaired) electrons. The SMILES string of the molecule is O=C(NC1CCC(NC(=O)c2cc(F)cnc2Oc2cccc(-c3ccc(CCCN4CCNCC4)cc3)c2)CC1)c1cc2ccccn2n1. The van der Waals surface area contributed by atoms with Crippen molar-refractivity contribution < 1.29 is 18.7 Å². The highest BCUT2D eigenvalue weighted by Gasteiger charge is 2.26. The van der Waals surface area contributed by atoms with Gasteiger partial charge in [0, 0.05) is 44.5 Å². The first-order chi connectivity index (χ1) is 24.5. The Morgan fingerprint density at radius 2 is 1.62 bits per heavy atom. The number of hydrogen-bond donors (Lipinski definition) is 3. The van der Waals surface area contributed by atoms with Crippen LogP contribution in [0.1, 0.15) is 58.5 Å². The molecule has 2 amide bonds. The van der Waals surface area contributed by atoms with E-state index in [2.05, 4.69) is 55.2 Å². The fourth-order valence-corrected chi connectivity index (χ4v) is 6.78. The second kappa shape index (κ2) is 15.6. The molecule has 258 valence electrons. The summed E-state index contributed by atoms with van der Waals surface area (Å²) in [6.45, 7) is 5.49. The van der Waals surface area contributed by atoms with E-state index in [0.717, 1.165) is 74.5 Å². The summed E-state index contributed by atoms with van der Waals surface area (Å²) in [5.74, 6) is -0.755. The number of amides is 2. The van der Waals surface area contributed by atoms with Gasteiger partial charge >= 0.3 is 0 Å². The summed E-state index contributed by atoms with van der Waals surface area (Å²) in [7, 11) is 0. The van der Waals surface area contributed by atoms with Crippen molar-refractivity contribution in [2.24, 2.45) is 0 Å². The third-order valence-corrected chi connectivity index (χ3v) is 9.55. The number of aryl methyl sites for hydroxylation is 1. The molecule has 1 saturated carbocycles. The normalized spacial score (nSPS) is 18.1. The molecule has 11 heteroatoms. The molecule has 0 spiro atoms. The minimum atomic E-state index is -0.623. The maximum Gasteiger partial charge on any atom is 0.272 e. The van der Waals surface area contributed by atoms with Crippen molar-refractivity contribution in [3.63, 3.8) is 0 Å². The van der Waals surface area contributed by atoms with E-state index in [1.165, 1.54) is 5.56 Å². The molecule has 3 N–H and O–H groups in total. The minimum absolute atomic E-state index is 0.0268. The molecule has 2 aliphatic rings. The van der Waals surface area contributed by atoms with Gasteiger partial charge in [0.05, 0.1) is 11.7 Å². The number of aromatic nitrogens is 3. The highest BCUT2D eigenvalue weighted by molar-refractivity contribution is 5.96. The first-order valence-corrected chi connectivity index (χ1v) is 17.5. The predicted molar refractivity (Wildman–Crippen MR) is 190 cm³/mol. The largest absolute Gasteiger partial charge is 0.438 e. The Kier molecular flexibility index (Phi) is 10.4. The summed E-state index contributed by atoms with van der Waals surface area (Å²) in [6, 6.07) is 24.6. The number of hydrogen-bond acceptors (Lipinski definition) is 7. The van der Waals surface area contributed by atoms with Gasteiger partial charge in [-0.15, -0.1) is 0 Å². The van der Waals surface area contributed by atoms with Crippen LogP contribution in [0.25, 0.3) is 16.6 Å². The lowest BCUT2D eigenvalue weighted by atomic mass is 9.91. The molecule has 5 aromatic rings. The molecule has 2 fully saturated rings. The van der Waals surface area contributed by atoms with Crippen LogP contribution < -0.4 is 20.7 Å². The molecule has 0 unspecified atom stereocenters. The summed E-state index contributed by atoms with van der Waals surface area (Å²) in [5.41, 5.74) is 4.58. The number of nitrogens with one attached hydrogen (secondary N) is 3. The third kappa shape index (κ3) is 8.35. The van der Waals surface area contributed by atoms with Gasteiger partial charge in [-0.2, -0.15) is 5.10 Å². The lowest BCUT2D eigenvalue weighted by molar-refractivity contribution is 0.0887. The fourth-order valence-electron chi connectivity index (χ4n) is 6.78. The van der Waals surface area contributed by atoms with Gasteiger partial charge in [0.1, 0.15) is 17.1 Å². The van der Waals surface area contributed by atoms with E-state index >= 15 is 0 Å². The van der Waals surface area contributed by atoms with E-state index in [1.807, 2.05) is 36.4 Å². The van der Waals surface area contributed by atoms with Gasteiger partial charge in [-0.1, -0.05) is 42.5 Å². The van der Waals surface area contributed by atoms with Crippen molar-refractivity contribution in [2.75, 3.05) is 32.7 Å². The average Bonchev–Trinajstić information content (AvgIpc) is 3.59. The van der Waals surface area contributed by atoms with E-state index in [-0.39, 0.29) is 29.4 Å².